The van der Waals surface area contributed by atoms with E-state index in [-0.39, 0.29) is 36.5 Å². The second-order valence-electron chi connectivity index (χ2n) is 7.15. The summed E-state index contributed by atoms with van der Waals surface area (Å²) in [6, 6.07) is 14.6. The number of rotatable bonds is 4. The summed E-state index contributed by atoms with van der Waals surface area (Å²) >= 11 is 1.04. The third-order valence-corrected chi connectivity index (χ3v) is 6.46. The van der Waals surface area contributed by atoms with E-state index in [2.05, 4.69) is 0 Å². The van der Waals surface area contributed by atoms with Crippen LogP contribution in [0.2, 0.25) is 0 Å². The van der Waals surface area contributed by atoms with Gasteiger partial charge in [-0.1, -0.05) is 35.6 Å². The molecule has 0 N–H and O–H groups in total. The number of anilines is 2. The van der Waals surface area contributed by atoms with Crippen molar-refractivity contribution in [1.29, 1.82) is 0 Å². The lowest BCUT2D eigenvalue weighted by Crippen LogP contribution is -2.36. The molecule has 1 amide bonds. The number of ether oxygens (including phenoxy) is 3. The third kappa shape index (κ3) is 3.27. The maximum absolute atomic E-state index is 13.3. The molecule has 31 heavy (non-hydrogen) atoms. The highest BCUT2D eigenvalue weighted by Crippen LogP contribution is 2.46. The first-order valence-corrected chi connectivity index (χ1v) is 10.5. The van der Waals surface area contributed by atoms with Crippen molar-refractivity contribution in [3.05, 3.63) is 68.6 Å². The average molecular weight is 438 g/mol. The molecule has 2 aliphatic rings. The van der Waals surface area contributed by atoms with Crippen LogP contribution in [0, 0.1) is 0 Å². The van der Waals surface area contributed by atoms with Crippen LogP contribution < -0.4 is 19.2 Å². The van der Waals surface area contributed by atoms with Crippen molar-refractivity contribution in [2.24, 2.45) is 0 Å². The lowest BCUT2D eigenvalue weighted by molar-refractivity contribution is -0.141. The number of hydrogen-bond acceptors (Lipinski definition) is 7. The summed E-state index contributed by atoms with van der Waals surface area (Å²) in [5.41, 5.74) is 1.48. The smallest absolute Gasteiger partial charge is 0.325 e. The van der Waals surface area contributed by atoms with Gasteiger partial charge in [-0.3, -0.25) is 23.9 Å². The summed E-state index contributed by atoms with van der Waals surface area (Å²) in [6.07, 6.45) is 0.180. The molecule has 1 atom stereocenters. The molecule has 0 radical (unpaired) electrons. The van der Waals surface area contributed by atoms with E-state index in [4.69, 9.17) is 14.2 Å². The largest absolute Gasteiger partial charge is 0.468 e. The van der Waals surface area contributed by atoms with Crippen molar-refractivity contribution in [3.63, 3.8) is 0 Å². The molecule has 3 aromatic rings. The van der Waals surface area contributed by atoms with Gasteiger partial charge in [0.05, 0.1) is 17.7 Å². The topological polar surface area (TPSA) is 87.1 Å². The maximum atomic E-state index is 13.3. The molecule has 0 bridgehead atoms. The first kappa shape index (κ1) is 19.4. The molecule has 0 aliphatic carbocycles. The maximum Gasteiger partial charge on any atom is 0.325 e. The first-order chi connectivity index (χ1) is 15.1. The van der Waals surface area contributed by atoms with Crippen molar-refractivity contribution in [1.82, 2.24) is 4.57 Å². The highest BCUT2D eigenvalue weighted by Gasteiger charge is 2.38. The Bertz CT molecular complexity index is 1230. The third-order valence-electron chi connectivity index (χ3n) is 5.38. The molecule has 8 nitrogen and oxygen atoms in total. The number of hydrogen-bond donors (Lipinski definition) is 0. The summed E-state index contributed by atoms with van der Waals surface area (Å²) in [5.74, 6) is 0.594. The summed E-state index contributed by atoms with van der Waals surface area (Å²) in [6.45, 7) is -0.121. The van der Waals surface area contributed by atoms with Gasteiger partial charge in [0.2, 0.25) is 12.7 Å². The number of amides is 1. The van der Waals surface area contributed by atoms with Crippen LogP contribution in [0.3, 0.4) is 0 Å². The molecule has 0 spiro atoms. The standard InChI is InChI=1S/C22H18N2O6S/c1-28-19(26)11-23-21-20(31-22(23)27)15(13-7-8-16-17(9-13)30-12-29-16)10-18(25)24(21)14-5-3-2-4-6-14/h2-9,15H,10-12H2,1H3/t15-/m0/s1. The molecular weight excluding hydrogens is 420 g/mol. The van der Waals surface area contributed by atoms with Crippen LogP contribution in [0.4, 0.5) is 11.5 Å². The van der Waals surface area contributed by atoms with Gasteiger partial charge in [0.1, 0.15) is 12.4 Å². The molecule has 0 saturated heterocycles. The van der Waals surface area contributed by atoms with Crippen LogP contribution in [-0.2, 0) is 20.9 Å². The Kier molecular flexibility index (Phi) is 4.74. The predicted octanol–water partition coefficient (Wildman–Crippen LogP) is 3.01. The van der Waals surface area contributed by atoms with Gasteiger partial charge in [-0.2, -0.15) is 0 Å². The monoisotopic (exact) mass is 438 g/mol. The quantitative estimate of drug-likeness (QED) is 0.582. The summed E-state index contributed by atoms with van der Waals surface area (Å²) < 4.78 is 17.0. The minimum Gasteiger partial charge on any atom is -0.468 e. The normalized spacial score (nSPS) is 16.9. The number of nitrogens with zero attached hydrogens (tertiary/aromatic N) is 2. The number of fused-ring (bicyclic) bond motifs is 2. The van der Waals surface area contributed by atoms with Crippen molar-refractivity contribution < 1.29 is 23.8 Å². The fraction of sp³-hybridized carbons (Fsp3) is 0.227. The van der Waals surface area contributed by atoms with Gasteiger partial charge in [0.25, 0.3) is 0 Å². The zero-order valence-electron chi connectivity index (χ0n) is 16.6. The molecule has 0 unspecified atom stereocenters. The fourth-order valence-electron chi connectivity index (χ4n) is 3.92. The Balaban J connectivity index is 1.68. The van der Waals surface area contributed by atoms with Crippen LogP contribution >= 0.6 is 11.3 Å². The van der Waals surface area contributed by atoms with Crippen molar-refractivity contribution in [3.8, 4) is 11.5 Å². The zero-order valence-corrected chi connectivity index (χ0v) is 17.4. The van der Waals surface area contributed by atoms with E-state index < -0.39 is 5.97 Å². The Hall–Kier alpha value is -3.59. The summed E-state index contributed by atoms with van der Waals surface area (Å²) in [7, 11) is 1.27. The lowest BCUT2D eigenvalue weighted by atomic mass is 9.90. The number of esters is 1. The summed E-state index contributed by atoms with van der Waals surface area (Å²) in [4.78, 5) is 40.2. The van der Waals surface area contributed by atoms with Crippen LogP contribution in [-0.4, -0.2) is 30.3 Å². The molecule has 9 heteroatoms. The molecule has 1 aromatic heterocycles. The minimum atomic E-state index is -0.562. The lowest BCUT2D eigenvalue weighted by Gasteiger charge is -2.32. The molecular formula is C22H18N2O6S. The van der Waals surface area contributed by atoms with Gasteiger partial charge in [-0.15, -0.1) is 0 Å². The van der Waals surface area contributed by atoms with Crippen LogP contribution in [0.25, 0.3) is 0 Å². The number of aromatic nitrogens is 1. The molecule has 2 aromatic carbocycles. The molecule has 0 fully saturated rings. The minimum absolute atomic E-state index is 0.151. The second-order valence-corrected chi connectivity index (χ2v) is 8.15. The van der Waals surface area contributed by atoms with E-state index in [1.807, 2.05) is 30.3 Å². The Morgan fingerprint density at radius 2 is 1.90 bits per heavy atom. The summed E-state index contributed by atoms with van der Waals surface area (Å²) in [5, 5.41) is 0. The molecule has 2 aliphatic heterocycles. The number of carbonyl (C=O) groups excluding carboxylic acids is 2. The molecule has 5 rings (SSSR count). The second kappa shape index (κ2) is 7.59. The fourth-order valence-corrected chi connectivity index (χ4v) is 5.03. The Morgan fingerprint density at radius 3 is 2.68 bits per heavy atom. The van der Waals surface area contributed by atoms with Gasteiger partial charge in [-0.05, 0) is 29.8 Å². The number of methoxy groups -OCH3 is 1. The molecule has 3 heterocycles. The van der Waals surface area contributed by atoms with Gasteiger partial charge in [0, 0.05) is 12.3 Å². The van der Waals surface area contributed by atoms with Crippen LogP contribution in [0.5, 0.6) is 11.5 Å². The Labute approximate surface area is 181 Å². The molecule has 158 valence electrons. The highest BCUT2D eigenvalue weighted by molar-refractivity contribution is 7.10. The van der Waals surface area contributed by atoms with Gasteiger partial charge >= 0.3 is 10.8 Å². The van der Waals surface area contributed by atoms with Gasteiger partial charge in [-0.25, -0.2) is 0 Å². The predicted molar refractivity (Wildman–Crippen MR) is 113 cm³/mol. The van der Waals surface area contributed by atoms with Crippen molar-refractivity contribution in [2.75, 3.05) is 18.8 Å². The van der Waals surface area contributed by atoms with E-state index in [0.29, 0.717) is 23.0 Å². The number of benzene rings is 2. The first-order valence-electron chi connectivity index (χ1n) is 9.64. The van der Waals surface area contributed by atoms with Crippen LogP contribution in [0.15, 0.2) is 53.3 Å². The van der Waals surface area contributed by atoms with E-state index in [1.54, 1.807) is 18.2 Å². The van der Waals surface area contributed by atoms with Crippen molar-refractivity contribution >= 4 is 34.7 Å². The van der Waals surface area contributed by atoms with E-state index in [0.717, 1.165) is 21.8 Å². The zero-order chi connectivity index (χ0) is 21.5. The van der Waals surface area contributed by atoms with E-state index >= 15 is 0 Å². The Morgan fingerprint density at radius 1 is 1.13 bits per heavy atom. The SMILES string of the molecule is COC(=O)Cn1c2c(sc1=O)[C@H](c1ccc3c(c1)OCO3)CC(=O)N2c1ccccc1. The average Bonchev–Trinajstić information content (AvgIpc) is 3.38. The number of para-hydroxylation sites is 1. The van der Waals surface area contributed by atoms with E-state index in [9.17, 15) is 14.4 Å². The number of thiazole rings is 1. The number of carbonyl (C=O) groups is 2. The van der Waals surface area contributed by atoms with Crippen molar-refractivity contribution in [2.45, 2.75) is 18.9 Å². The van der Waals surface area contributed by atoms with Gasteiger partial charge in [0.15, 0.2) is 11.5 Å². The van der Waals surface area contributed by atoms with Gasteiger partial charge < -0.3 is 14.2 Å². The van der Waals surface area contributed by atoms with E-state index in [1.165, 1.54) is 16.6 Å². The highest BCUT2D eigenvalue weighted by atomic mass is 32.1. The molecule has 0 saturated carbocycles. The van der Waals surface area contributed by atoms with Crippen LogP contribution in [0.1, 0.15) is 22.8 Å².